The van der Waals surface area contributed by atoms with E-state index >= 15 is 0 Å². The van der Waals surface area contributed by atoms with E-state index in [4.69, 9.17) is 4.74 Å². The minimum Gasteiger partial charge on any atom is -0.462 e. The molecule has 0 bridgehead atoms. The molecule has 0 amide bonds. The number of rotatable bonds is 1. The van der Waals surface area contributed by atoms with E-state index in [9.17, 15) is 4.79 Å². The summed E-state index contributed by atoms with van der Waals surface area (Å²) in [4.78, 5) is 11.5. The molecule has 2 nitrogen and oxygen atoms in total. The Labute approximate surface area is 147 Å². The number of fused-ring (bicyclic) bond motifs is 5. The Balaban J connectivity index is 1.60. The molecule has 2 heteroatoms. The van der Waals surface area contributed by atoms with Crippen molar-refractivity contribution in [3.63, 3.8) is 0 Å². The average Bonchev–Trinajstić information content (AvgIpc) is 2.84. The molecule has 0 N–H and O–H groups in total. The fraction of sp³-hybridized carbons (Fsp3) is 0.864. The molecule has 4 aliphatic carbocycles. The Hall–Kier alpha value is -0.790. The lowest BCUT2D eigenvalue weighted by atomic mass is 9.45. The fourth-order valence-electron chi connectivity index (χ4n) is 7.40. The minimum atomic E-state index is -0.0902. The number of hydrogen-bond acceptors (Lipinski definition) is 2. The van der Waals surface area contributed by atoms with Crippen molar-refractivity contribution < 1.29 is 9.53 Å². The first kappa shape index (κ1) is 16.7. The Morgan fingerprint density at radius 3 is 2.58 bits per heavy atom. The number of carbonyl (C=O) groups is 1. The van der Waals surface area contributed by atoms with Crippen LogP contribution in [-0.4, -0.2) is 12.1 Å². The summed E-state index contributed by atoms with van der Waals surface area (Å²) in [6.45, 7) is 8.92. The zero-order valence-corrected chi connectivity index (χ0v) is 15.9. The lowest BCUT2D eigenvalue weighted by Gasteiger charge is -2.59. The third-order valence-corrected chi connectivity index (χ3v) is 8.75. The van der Waals surface area contributed by atoms with Gasteiger partial charge >= 0.3 is 5.97 Å². The van der Waals surface area contributed by atoms with Gasteiger partial charge in [-0.15, -0.1) is 0 Å². The van der Waals surface area contributed by atoms with Crippen LogP contribution >= 0.6 is 0 Å². The van der Waals surface area contributed by atoms with E-state index in [1.165, 1.54) is 44.9 Å². The topological polar surface area (TPSA) is 26.3 Å². The van der Waals surface area contributed by atoms with Crippen LogP contribution in [0.3, 0.4) is 0 Å². The highest BCUT2D eigenvalue weighted by Gasteiger charge is 2.60. The van der Waals surface area contributed by atoms with Crippen molar-refractivity contribution in [2.45, 2.75) is 85.2 Å². The predicted octanol–water partition coefficient (Wildman–Crippen LogP) is 5.52. The summed E-state index contributed by atoms with van der Waals surface area (Å²) < 4.78 is 5.76. The van der Waals surface area contributed by atoms with Crippen LogP contribution < -0.4 is 0 Å². The highest BCUT2D eigenvalue weighted by atomic mass is 16.5. The Bertz CT molecular complexity index is 564. The quantitative estimate of drug-likeness (QED) is 0.467. The van der Waals surface area contributed by atoms with Crippen molar-refractivity contribution in [3.05, 3.63) is 11.6 Å². The molecule has 3 saturated carbocycles. The maximum Gasteiger partial charge on any atom is 0.302 e. The average molecular weight is 331 g/mol. The van der Waals surface area contributed by atoms with E-state index in [1.807, 2.05) is 0 Å². The van der Waals surface area contributed by atoms with Crippen molar-refractivity contribution in [1.29, 1.82) is 0 Å². The molecule has 0 aliphatic heterocycles. The van der Waals surface area contributed by atoms with E-state index in [0.717, 1.165) is 30.1 Å². The highest BCUT2D eigenvalue weighted by Crippen LogP contribution is 2.66. The first-order valence-electron chi connectivity index (χ1n) is 10.2. The van der Waals surface area contributed by atoms with Crippen LogP contribution in [0.5, 0.6) is 0 Å². The first-order chi connectivity index (χ1) is 11.3. The molecule has 0 heterocycles. The Morgan fingerprint density at radius 1 is 1.08 bits per heavy atom. The molecule has 7 atom stereocenters. The molecule has 0 saturated heterocycles. The van der Waals surface area contributed by atoms with Gasteiger partial charge in [-0.05, 0) is 87.4 Å². The van der Waals surface area contributed by atoms with E-state index in [0.29, 0.717) is 5.41 Å². The smallest absolute Gasteiger partial charge is 0.302 e. The lowest BCUT2D eigenvalue weighted by molar-refractivity contribution is -0.159. The van der Waals surface area contributed by atoms with Crippen LogP contribution in [-0.2, 0) is 9.53 Å². The molecular weight excluding hydrogens is 296 g/mol. The van der Waals surface area contributed by atoms with Crippen molar-refractivity contribution in [3.8, 4) is 0 Å². The molecule has 4 rings (SSSR count). The number of ether oxygens (including phenoxy) is 1. The number of carbonyl (C=O) groups excluding carboxylic acids is 1. The van der Waals surface area contributed by atoms with Crippen LogP contribution in [0.2, 0.25) is 0 Å². The molecule has 0 unspecified atom stereocenters. The second-order valence-corrected chi connectivity index (χ2v) is 9.84. The lowest BCUT2D eigenvalue weighted by Crippen LogP contribution is -2.53. The van der Waals surface area contributed by atoms with E-state index < -0.39 is 0 Å². The summed E-state index contributed by atoms with van der Waals surface area (Å²) in [5, 5.41) is 0. The predicted molar refractivity (Wildman–Crippen MR) is 96.4 cm³/mol. The third-order valence-electron chi connectivity index (χ3n) is 8.75. The SMILES string of the molecule is CC(=O)O[C@H]1CC[C@@H]2[C@@H]3CC[C@H]4CC(C)=CC[C@]4(C)[C@@H]3CC[C@]12C. The van der Waals surface area contributed by atoms with Gasteiger partial charge in [-0.25, -0.2) is 0 Å². The zero-order valence-electron chi connectivity index (χ0n) is 15.9. The van der Waals surface area contributed by atoms with Gasteiger partial charge in [-0.2, -0.15) is 0 Å². The summed E-state index contributed by atoms with van der Waals surface area (Å²) in [6, 6.07) is 0. The molecule has 0 aromatic heterocycles. The third kappa shape index (κ3) is 2.31. The molecule has 0 aromatic rings. The van der Waals surface area contributed by atoms with Gasteiger partial charge in [0.05, 0.1) is 0 Å². The van der Waals surface area contributed by atoms with Gasteiger partial charge in [-0.3, -0.25) is 4.79 Å². The van der Waals surface area contributed by atoms with Gasteiger partial charge < -0.3 is 4.74 Å². The summed E-state index contributed by atoms with van der Waals surface area (Å²) in [7, 11) is 0. The van der Waals surface area contributed by atoms with Crippen molar-refractivity contribution in [1.82, 2.24) is 0 Å². The van der Waals surface area contributed by atoms with Crippen molar-refractivity contribution in [2.24, 2.45) is 34.5 Å². The molecule has 4 aliphatic rings. The van der Waals surface area contributed by atoms with Gasteiger partial charge in [0, 0.05) is 12.3 Å². The van der Waals surface area contributed by atoms with Crippen molar-refractivity contribution >= 4 is 5.97 Å². The van der Waals surface area contributed by atoms with Gasteiger partial charge in [0.2, 0.25) is 0 Å². The van der Waals surface area contributed by atoms with E-state index in [1.54, 1.807) is 12.5 Å². The molecule has 0 radical (unpaired) electrons. The van der Waals surface area contributed by atoms with Gasteiger partial charge in [-0.1, -0.05) is 25.5 Å². The molecular formula is C22H34O2. The fourth-order valence-corrected chi connectivity index (χ4v) is 7.40. The monoisotopic (exact) mass is 330 g/mol. The number of hydrogen-bond donors (Lipinski definition) is 0. The summed E-state index contributed by atoms with van der Waals surface area (Å²) in [5.41, 5.74) is 2.37. The number of esters is 1. The first-order valence-corrected chi connectivity index (χ1v) is 10.2. The maximum atomic E-state index is 11.5. The van der Waals surface area contributed by atoms with Crippen molar-refractivity contribution in [2.75, 3.05) is 0 Å². The van der Waals surface area contributed by atoms with E-state index in [2.05, 4.69) is 26.8 Å². The molecule has 3 fully saturated rings. The van der Waals surface area contributed by atoms with Crippen LogP contribution in [0.4, 0.5) is 0 Å². The standard InChI is InChI=1S/C22H34O2/c1-14-9-11-21(3)16(13-14)5-6-17-18-7-8-20(24-15(2)23)22(18,4)12-10-19(17)21/h9,16-20H,5-8,10-13H2,1-4H3/t16-,17-,18+,19+,20-,21-,22-/m0/s1. The molecule has 0 spiro atoms. The van der Waals surface area contributed by atoms with Crippen LogP contribution in [0, 0.1) is 34.5 Å². The minimum absolute atomic E-state index is 0.0902. The Morgan fingerprint density at radius 2 is 1.83 bits per heavy atom. The number of allylic oxidation sites excluding steroid dienone is 2. The second kappa shape index (κ2) is 5.61. The summed E-state index contributed by atoms with van der Waals surface area (Å²) in [6.07, 6.45) is 13.1. The highest BCUT2D eigenvalue weighted by molar-refractivity contribution is 5.66. The summed E-state index contributed by atoms with van der Waals surface area (Å²) in [5.74, 6) is 3.32. The van der Waals surface area contributed by atoms with Crippen LogP contribution in [0.15, 0.2) is 11.6 Å². The Kier molecular flexibility index (Phi) is 3.89. The molecule has 0 aromatic carbocycles. The maximum absolute atomic E-state index is 11.5. The van der Waals surface area contributed by atoms with Crippen LogP contribution in [0.25, 0.3) is 0 Å². The second-order valence-electron chi connectivity index (χ2n) is 9.84. The van der Waals surface area contributed by atoms with Gasteiger partial charge in [0.25, 0.3) is 0 Å². The van der Waals surface area contributed by atoms with E-state index in [-0.39, 0.29) is 17.5 Å². The normalized spacial score (nSPS) is 50.3. The zero-order chi connectivity index (χ0) is 17.1. The van der Waals surface area contributed by atoms with Gasteiger partial charge in [0.1, 0.15) is 6.10 Å². The summed E-state index contributed by atoms with van der Waals surface area (Å²) >= 11 is 0. The van der Waals surface area contributed by atoms with Gasteiger partial charge in [0.15, 0.2) is 0 Å². The molecule has 134 valence electrons. The van der Waals surface area contributed by atoms with Crippen LogP contribution in [0.1, 0.15) is 79.1 Å². The largest absolute Gasteiger partial charge is 0.462 e. The molecule has 24 heavy (non-hydrogen) atoms.